The smallest absolute Gasteiger partial charge is 0.259 e. The van der Waals surface area contributed by atoms with Crippen LogP contribution in [0, 0.1) is 0 Å². The van der Waals surface area contributed by atoms with Crippen LogP contribution in [0.2, 0.25) is 0 Å². The largest absolute Gasteiger partial charge is 0.493 e. The lowest BCUT2D eigenvalue weighted by Gasteiger charge is -2.11. The zero-order valence-corrected chi connectivity index (χ0v) is 22.0. The molecule has 38 heavy (non-hydrogen) atoms. The molecule has 198 valence electrons. The molecule has 1 aliphatic rings. The van der Waals surface area contributed by atoms with Gasteiger partial charge in [0.15, 0.2) is 23.0 Å². The molecule has 0 radical (unpaired) electrons. The molecule has 0 bridgehead atoms. The van der Waals surface area contributed by atoms with Crippen molar-refractivity contribution in [3.63, 3.8) is 0 Å². The van der Waals surface area contributed by atoms with Gasteiger partial charge in [-0.15, -0.1) is 0 Å². The minimum atomic E-state index is -0.479. The van der Waals surface area contributed by atoms with Crippen molar-refractivity contribution in [1.82, 2.24) is 20.2 Å². The fourth-order valence-corrected chi connectivity index (χ4v) is 5.13. The first-order chi connectivity index (χ1) is 18.5. The molecule has 0 unspecified atom stereocenters. The van der Waals surface area contributed by atoms with Gasteiger partial charge in [-0.2, -0.15) is 0 Å². The molecule has 1 aliphatic heterocycles. The van der Waals surface area contributed by atoms with Gasteiger partial charge in [-0.3, -0.25) is 14.9 Å². The zero-order valence-electron chi connectivity index (χ0n) is 22.0. The van der Waals surface area contributed by atoms with E-state index >= 15 is 0 Å². The van der Waals surface area contributed by atoms with Gasteiger partial charge in [-0.05, 0) is 38.2 Å². The van der Waals surface area contributed by atoms with Crippen LogP contribution in [0.5, 0.6) is 23.0 Å². The van der Waals surface area contributed by atoms with E-state index in [2.05, 4.69) is 20.2 Å². The summed E-state index contributed by atoms with van der Waals surface area (Å²) in [5.74, 6) is 1.15. The van der Waals surface area contributed by atoms with Crippen molar-refractivity contribution in [3.8, 4) is 23.0 Å². The molecule has 2 amide bonds. The monoisotopic (exact) mass is 518 g/mol. The number of imide groups is 1. The van der Waals surface area contributed by atoms with Crippen molar-refractivity contribution in [2.45, 2.75) is 13.0 Å². The van der Waals surface area contributed by atoms with E-state index in [9.17, 15) is 9.59 Å². The summed E-state index contributed by atoms with van der Waals surface area (Å²) in [6, 6.07) is 7.37. The Morgan fingerprint density at radius 3 is 2.21 bits per heavy atom. The van der Waals surface area contributed by atoms with E-state index in [1.165, 1.54) is 0 Å². The average molecular weight is 519 g/mol. The minimum absolute atomic E-state index is 0.261. The lowest BCUT2D eigenvalue weighted by atomic mass is 9.95. The van der Waals surface area contributed by atoms with Crippen LogP contribution in [0.1, 0.15) is 17.5 Å². The summed E-state index contributed by atoms with van der Waals surface area (Å²) in [4.78, 5) is 29.9. The molecule has 2 aromatic heterocycles. The third-order valence-electron chi connectivity index (χ3n) is 6.87. The summed E-state index contributed by atoms with van der Waals surface area (Å²) in [7, 11) is 8.15. The van der Waals surface area contributed by atoms with Gasteiger partial charge >= 0.3 is 0 Å². The van der Waals surface area contributed by atoms with E-state index in [-0.39, 0.29) is 11.1 Å². The first kappa shape index (κ1) is 25.2. The molecule has 3 N–H and O–H groups in total. The number of aryl methyl sites for hydroxylation is 1. The van der Waals surface area contributed by atoms with Gasteiger partial charge < -0.3 is 33.8 Å². The quantitative estimate of drug-likeness (QED) is 0.218. The molecular formula is C28H30N4O6. The summed E-state index contributed by atoms with van der Waals surface area (Å²) in [6.07, 6.45) is 4.50. The van der Waals surface area contributed by atoms with E-state index in [1.54, 1.807) is 40.7 Å². The van der Waals surface area contributed by atoms with Crippen LogP contribution < -0.4 is 29.6 Å². The molecule has 0 saturated carbocycles. The summed E-state index contributed by atoms with van der Waals surface area (Å²) in [6.45, 7) is 1.52. The molecule has 0 saturated heterocycles. The van der Waals surface area contributed by atoms with Gasteiger partial charge in [0.2, 0.25) is 0 Å². The highest BCUT2D eigenvalue weighted by Gasteiger charge is 2.36. The highest BCUT2D eigenvalue weighted by molar-refractivity contribution is 6.51. The fourth-order valence-electron chi connectivity index (χ4n) is 5.13. The molecule has 2 aromatic carbocycles. The zero-order chi connectivity index (χ0) is 27.0. The van der Waals surface area contributed by atoms with E-state index in [0.29, 0.717) is 46.1 Å². The summed E-state index contributed by atoms with van der Waals surface area (Å²) < 4.78 is 24.3. The lowest BCUT2D eigenvalue weighted by Crippen LogP contribution is -2.22. The number of nitrogens with zero attached hydrogens (tertiary/aromatic N) is 1. The van der Waals surface area contributed by atoms with Crippen molar-refractivity contribution in [3.05, 3.63) is 47.8 Å². The van der Waals surface area contributed by atoms with Crippen molar-refractivity contribution in [2.24, 2.45) is 0 Å². The first-order valence-electron chi connectivity index (χ1n) is 12.2. The van der Waals surface area contributed by atoms with Gasteiger partial charge in [0.25, 0.3) is 11.8 Å². The van der Waals surface area contributed by atoms with Crippen LogP contribution in [-0.4, -0.2) is 63.4 Å². The van der Waals surface area contributed by atoms with Crippen LogP contribution in [-0.2, 0) is 16.1 Å². The second-order valence-corrected chi connectivity index (χ2v) is 8.88. The van der Waals surface area contributed by atoms with E-state index in [4.69, 9.17) is 18.9 Å². The number of methoxy groups -OCH3 is 4. The van der Waals surface area contributed by atoms with E-state index in [0.717, 1.165) is 29.4 Å². The number of nitrogens with one attached hydrogen (secondary N) is 3. The van der Waals surface area contributed by atoms with Crippen molar-refractivity contribution < 1.29 is 28.5 Å². The number of ether oxygens (including phenoxy) is 4. The number of carbonyl (C=O) groups is 2. The number of hydrogen-bond acceptors (Lipinski definition) is 7. The molecule has 0 atom stereocenters. The topological polar surface area (TPSA) is 116 Å². The van der Waals surface area contributed by atoms with Crippen molar-refractivity contribution in [2.75, 3.05) is 42.0 Å². The number of amides is 2. The number of carbonyl (C=O) groups excluding carboxylic acids is 2. The molecule has 0 spiro atoms. The SMILES string of the molecule is CNCCCn1cc(C2=C(c3c[nH]c4ccc(OC)c(OC)c34)C(=O)NC2=O)c2cc(OC)c(OC)cc21. The summed E-state index contributed by atoms with van der Waals surface area (Å²) in [5, 5.41) is 7.09. The van der Waals surface area contributed by atoms with Gasteiger partial charge in [0, 0.05) is 41.5 Å². The minimum Gasteiger partial charge on any atom is -0.493 e. The highest BCUT2D eigenvalue weighted by atomic mass is 16.5. The Hall–Kier alpha value is -4.44. The second kappa shape index (κ2) is 10.1. The Labute approximate surface area is 219 Å². The van der Waals surface area contributed by atoms with Crippen LogP contribution in [0.3, 0.4) is 0 Å². The second-order valence-electron chi connectivity index (χ2n) is 8.88. The van der Waals surface area contributed by atoms with Crippen LogP contribution in [0.4, 0.5) is 0 Å². The van der Waals surface area contributed by atoms with Crippen molar-refractivity contribution in [1.29, 1.82) is 0 Å². The molecule has 10 nitrogen and oxygen atoms in total. The van der Waals surface area contributed by atoms with Crippen LogP contribution >= 0.6 is 0 Å². The van der Waals surface area contributed by atoms with Gasteiger partial charge in [-0.1, -0.05) is 0 Å². The molecule has 4 aromatic rings. The molecule has 10 heteroatoms. The van der Waals surface area contributed by atoms with Crippen LogP contribution in [0.15, 0.2) is 36.7 Å². The maximum atomic E-state index is 13.4. The number of aromatic amines is 1. The summed E-state index contributed by atoms with van der Waals surface area (Å²) >= 11 is 0. The summed E-state index contributed by atoms with van der Waals surface area (Å²) in [5.41, 5.74) is 3.33. The van der Waals surface area contributed by atoms with Crippen molar-refractivity contribution >= 4 is 44.8 Å². The molecular weight excluding hydrogens is 488 g/mol. The maximum absolute atomic E-state index is 13.4. The normalized spacial score (nSPS) is 13.5. The van der Waals surface area contributed by atoms with Gasteiger partial charge in [0.05, 0.1) is 56.0 Å². The third kappa shape index (κ3) is 3.93. The Morgan fingerprint density at radius 2 is 1.55 bits per heavy atom. The molecule has 3 heterocycles. The number of H-pyrrole nitrogens is 1. The van der Waals surface area contributed by atoms with Gasteiger partial charge in [-0.25, -0.2) is 0 Å². The lowest BCUT2D eigenvalue weighted by molar-refractivity contribution is -0.122. The molecule has 0 aliphatic carbocycles. The highest BCUT2D eigenvalue weighted by Crippen LogP contribution is 2.44. The maximum Gasteiger partial charge on any atom is 0.259 e. The number of benzene rings is 2. The number of aromatic nitrogens is 2. The standard InChI is InChI=1S/C28H30N4O6/c1-29-9-6-10-32-14-17(15-11-21(36-3)22(37-4)12-19(15)32)25-24(27(33)31-28(25)34)16-13-30-18-7-8-20(35-2)26(38-5)23(16)18/h7-8,11-14,29-30H,6,9-10H2,1-5H3,(H,31,33,34). The Balaban J connectivity index is 1.82. The Bertz CT molecular complexity index is 1600. The van der Waals surface area contributed by atoms with E-state index < -0.39 is 11.8 Å². The number of hydrogen-bond donors (Lipinski definition) is 3. The average Bonchev–Trinajstić information content (AvgIpc) is 3.59. The van der Waals surface area contributed by atoms with Crippen LogP contribution in [0.25, 0.3) is 33.0 Å². The van der Waals surface area contributed by atoms with Gasteiger partial charge in [0.1, 0.15) is 0 Å². The number of fused-ring (bicyclic) bond motifs is 2. The predicted molar refractivity (Wildman–Crippen MR) is 145 cm³/mol. The molecule has 5 rings (SSSR count). The van der Waals surface area contributed by atoms with E-state index in [1.807, 2.05) is 31.4 Å². The number of rotatable bonds is 10. The molecule has 0 fully saturated rings. The Morgan fingerprint density at radius 1 is 0.868 bits per heavy atom. The fraction of sp³-hybridized carbons (Fsp3) is 0.286. The predicted octanol–water partition coefficient (Wildman–Crippen LogP) is 3.33. The Kier molecular flexibility index (Phi) is 6.73. The third-order valence-corrected chi connectivity index (χ3v) is 6.87. The first-order valence-corrected chi connectivity index (χ1v) is 12.2.